The Kier molecular flexibility index (Phi) is 6.97. The first-order valence-electron chi connectivity index (χ1n) is 9.24. The SMILES string of the molecule is CCC(CO)(CCCN(C)CC1CCCCC1)NC1CC1. The fourth-order valence-corrected chi connectivity index (χ4v) is 3.84. The molecule has 0 amide bonds. The Balaban J connectivity index is 1.65. The second kappa shape index (κ2) is 8.50. The van der Waals surface area contributed by atoms with Gasteiger partial charge in [-0.1, -0.05) is 26.2 Å². The van der Waals surface area contributed by atoms with Gasteiger partial charge in [0.25, 0.3) is 0 Å². The molecule has 0 aromatic rings. The Bertz CT molecular complexity index is 281. The normalized spacial score (nSPS) is 23.4. The topological polar surface area (TPSA) is 35.5 Å². The smallest absolute Gasteiger partial charge is 0.0613 e. The molecule has 1 unspecified atom stereocenters. The molecule has 0 heterocycles. The molecular weight excluding hydrogens is 260 g/mol. The summed E-state index contributed by atoms with van der Waals surface area (Å²) in [6.07, 6.45) is 13.1. The van der Waals surface area contributed by atoms with Crippen LogP contribution in [0.2, 0.25) is 0 Å². The zero-order chi connectivity index (χ0) is 15.1. The van der Waals surface area contributed by atoms with Gasteiger partial charge in [0.2, 0.25) is 0 Å². The molecule has 0 aromatic carbocycles. The molecule has 0 bridgehead atoms. The van der Waals surface area contributed by atoms with Crippen LogP contribution in [0.1, 0.15) is 71.1 Å². The molecular formula is C18H36N2O. The molecule has 3 nitrogen and oxygen atoms in total. The molecule has 2 aliphatic carbocycles. The minimum atomic E-state index is -0.0210. The molecule has 0 aromatic heterocycles. The number of aliphatic hydroxyl groups is 1. The van der Waals surface area contributed by atoms with E-state index in [1.807, 2.05) is 0 Å². The van der Waals surface area contributed by atoms with Crippen LogP contribution in [0.25, 0.3) is 0 Å². The van der Waals surface area contributed by atoms with Gasteiger partial charge in [-0.05, 0) is 64.5 Å². The summed E-state index contributed by atoms with van der Waals surface area (Å²) in [5.41, 5.74) is -0.0210. The quantitative estimate of drug-likeness (QED) is 0.650. The maximum Gasteiger partial charge on any atom is 0.0613 e. The van der Waals surface area contributed by atoms with Crippen molar-refractivity contribution in [3.8, 4) is 0 Å². The summed E-state index contributed by atoms with van der Waals surface area (Å²) in [6.45, 7) is 4.93. The van der Waals surface area contributed by atoms with Gasteiger partial charge in [-0.2, -0.15) is 0 Å². The Labute approximate surface area is 131 Å². The van der Waals surface area contributed by atoms with Crippen molar-refractivity contribution in [2.24, 2.45) is 5.92 Å². The van der Waals surface area contributed by atoms with Crippen LogP contribution < -0.4 is 5.32 Å². The van der Waals surface area contributed by atoms with E-state index < -0.39 is 0 Å². The van der Waals surface area contributed by atoms with Crippen LogP contribution in [-0.2, 0) is 0 Å². The monoisotopic (exact) mass is 296 g/mol. The molecule has 2 rings (SSSR count). The number of nitrogens with zero attached hydrogens (tertiary/aromatic N) is 1. The van der Waals surface area contributed by atoms with E-state index in [9.17, 15) is 5.11 Å². The highest BCUT2D eigenvalue weighted by molar-refractivity contribution is 4.94. The molecule has 3 heteroatoms. The van der Waals surface area contributed by atoms with Gasteiger partial charge in [-0.15, -0.1) is 0 Å². The highest BCUT2D eigenvalue weighted by Gasteiger charge is 2.33. The molecule has 1 atom stereocenters. The third kappa shape index (κ3) is 5.88. The van der Waals surface area contributed by atoms with Crippen molar-refractivity contribution in [1.82, 2.24) is 10.2 Å². The van der Waals surface area contributed by atoms with Crippen LogP contribution in [0.15, 0.2) is 0 Å². The lowest BCUT2D eigenvalue weighted by atomic mass is 9.88. The molecule has 124 valence electrons. The Hall–Kier alpha value is -0.120. The van der Waals surface area contributed by atoms with Crippen LogP contribution in [0.3, 0.4) is 0 Å². The van der Waals surface area contributed by atoms with E-state index in [4.69, 9.17) is 0 Å². The highest BCUT2D eigenvalue weighted by atomic mass is 16.3. The number of aliphatic hydroxyl groups excluding tert-OH is 1. The van der Waals surface area contributed by atoms with E-state index in [2.05, 4.69) is 24.2 Å². The van der Waals surface area contributed by atoms with Crippen LogP contribution in [-0.4, -0.2) is 48.3 Å². The molecule has 0 spiro atoms. The zero-order valence-electron chi connectivity index (χ0n) is 14.2. The maximum atomic E-state index is 9.80. The number of nitrogens with one attached hydrogen (secondary N) is 1. The van der Waals surface area contributed by atoms with Crippen molar-refractivity contribution in [2.45, 2.75) is 82.7 Å². The van der Waals surface area contributed by atoms with Gasteiger partial charge in [0.05, 0.1) is 6.61 Å². The van der Waals surface area contributed by atoms with E-state index in [1.54, 1.807) is 0 Å². The Morgan fingerprint density at radius 1 is 1.14 bits per heavy atom. The molecule has 2 fully saturated rings. The predicted molar refractivity (Wildman–Crippen MR) is 89.6 cm³/mol. The van der Waals surface area contributed by atoms with Gasteiger partial charge in [0, 0.05) is 18.1 Å². The molecule has 21 heavy (non-hydrogen) atoms. The van der Waals surface area contributed by atoms with Crippen LogP contribution >= 0.6 is 0 Å². The third-order valence-electron chi connectivity index (χ3n) is 5.56. The lowest BCUT2D eigenvalue weighted by Gasteiger charge is -2.33. The molecule has 0 radical (unpaired) electrons. The summed E-state index contributed by atoms with van der Waals surface area (Å²) in [7, 11) is 2.27. The Morgan fingerprint density at radius 3 is 2.43 bits per heavy atom. The summed E-state index contributed by atoms with van der Waals surface area (Å²) >= 11 is 0. The van der Waals surface area contributed by atoms with Crippen LogP contribution in [0, 0.1) is 5.92 Å². The van der Waals surface area contributed by atoms with Gasteiger partial charge in [-0.25, -0.2) is 0 Å². The standard InChI is InChI=1S/C18H36N2O/c1-3-18(15-21,19-17-10-11-17)12-7-13-20(2)14-16-8-5-4-6-9-16/h16-17,19,21H,3-15H2,1-2H3. The molecule has 2 saturated carbocycles. The fourth-order valence-electron chi connectivity index (χ4n) is 3.84. The van der Waals surface area contributed by atoms with E-state index in [0.717, 1.165) is 18.8 Å². The first-order valence-corrected chi connectivity index (χ1v) is 9.24. The zero-order valence-corrected chi connectivity index (χ0v) is 14.2. The summed E-state index contributed by atoms with van der Waals surface area (Å²) in [5.74, 6) is 0.933. The highest BCUT2D eigenvalue weighted by Crippen LogP contribution is 2.27. The lowest BCUT2D eigenvalue weighted by Crippen LogP contribution is -2.49. The van der Waals surface area contributed by atoms with E-state index in [1.165, 1.54) is 64.5 Å². The lowest BCUT2D eigenvalue weighted by molar-refractivity contribution is 0.136. The molecule has 0 aliphatic heterocycles. The minimum Gasteiger partial charge on any atom is -0.394 e. The molecule has 2 N–H and O–H groups in total. The number of hydrogen-bond acceptors (Lipinski definition) is 3. The predicted octanol–water partition coefficient (Wildman–Crippen LogP) is 3.17. The molecule has 0 saturated heterocycles. The maximum absolute atomic E-state index is 9.80. The summed E-state index contributed by atoms with van der Waals surface area (Å²) in [5, 5.41) is 13.5. The van der Waals surface area contributed by atoms with Crippen molar-refractivity contribution in [3.05, 3.63) is 0 Å². The second-order valence-electron chi connectivity index (χ2n) is 7.58. The van der Waals surface area contributed by atoms with E-state index in [-0.39, 0.29) is 12.1 Å². The van der Waals surface area contributed by atoms with Crippen molar-refractivity contribution < 1.29 is 5.11 Å². The third-order valence-corrected chi connectivity index (χ3v) is 5.56. The minimum absolute atomic E-state index is 0.0210. The summed E-state index contributed by atoms with van der Waals surface area (Å²) < 4.78 is 0. The van der Waals surface area contributed by atoms with Gasteiger partial charge < -0.3 is 15.3 Å². The van der Waals surface area contributed by atoms with Crippen molar-refractivity contribution in [3.63, 3.8) is 0 Å². The van der Waals surface area contributed by atoms with Gasteiger partial charge >= 0.3 is 0 Å². The van der Waals surface area contributed by atoms with Crippen LogP contribution in [0.4, 0.5) is 0 Å². The fraction of sp³-hybridized carbons (Fsp3) is 1.00. The van der Waals surface area contributed by atoms with Gasteiger partial charge in [0.15, 0.2) is 0 Å². The van der Waals surface area contributed by atoms with Gasteiger partial charge in [-0.3, -0.25) is 0 Å². The first-order chi connectivity index (χ1) is 10.2. The number of hydrogen-bond donors (Lipinski definition) is 2. The number of rotatable bonds is 10. The average Bonchev–Trinajstić information content (AvgIpc) is 3.31. The summed E-state index contributed by atoms with van der Waals surface area (Å²) in [6, 6.07) is 0.678. The van der Waals surface area contributed by atoms with Crippen LogP contribution in [0.5, 0.6) is 0 Å². The Morgan fingerprint density at radius 2 is 1.86 bits per heavy atom. The van der Waals surface area contributed by atoms with Gasteiger partial charge in [0.1, 0.15) is 0 Å². The van der Waals surface area contributed by atoms with Crippen molar-refractivity contribution in [2.75, 3.05) is 26.7 Å². The van der Waals surface area contributed by atoms with E-state index >= 15 is 0 Å². The largest absolute Gasteiger partial charge is 0.394 e. The molecule has 2 aliphatic rings. The average molecular weight is 296 g/mol. The second-order valence-corrected chi connectivity index (χ2v) is 7.58. The van der Waals surface area contributed by atoms with Crippen molar-refractivity contribution >= 4 is 0 Å². The summed E-state index contributed by atoms with van der Waals surface area (Å²) in [4.78, 5) is 2.52. The van der Waals surface area contributed by atoms with E-state index in [0.29, 0.717) is 6.04 Å². The first kappa shape index (κ1) is 17.2. The van der Waals surface area contributed by atoms with Crippen molar-refractivity contribution in [1.29, 1.82) is 0 Å².